The summed E-state index contributed by atoms with van der Waals surface area (Å²) in [7, 11) is 0. The number of aryl methyl sites for hydroxylation is 1. The second-order valence-corrected chi connectivity index (χ2v) is 3.23. The summed E-state index contributed by atoms with van der Waals surface area (Å²) in [6.45, 7) is 3.84. The molecule has 88 valence electrons. The molecule has 0 aliphatic carbocycles. The van der Waals surface area contributed by atoms with Gasteiger partial charge in [0.1, 0.15) is 12.3 Å². The van der Waals surface area contributed by atoms with Crippen molar-refractivity contribution in [2.24, 2.45) is 0 Å². The molecular weight excluding hydrogens is 212 g/mol. The van der Waals surface area contributed by atoms with E-state index in [4.69, 9.17) is 9.84 Å². The van der Waals surface area contributed by atoms with E-state index >= 15 is 0 Å². The van der Waals surface area contributed by atoms with Crippen molar-refractivity contribution < 1.29 is 19.4 Å². The van der Waals surface area contributed by atoms with Crippen LogP contribution in [0.15, 0.2) is 6.07 Å². The Bertz CT molecular complexity index is 398. The van der Waals surface area contributed by atoms with Gasteiger partial charge in [-0.05, 0) is 19.9 Å². The molecule has 3 N–H and O–H groups in total. The van der Waals surface area contributed by atoms with E-state index in [1.54, 1.807) is 19.9 Å². The van der Waals surface area contributed by atoms with Crippen molar-refractivity contribution in [1.82, 2.24) is 4.98 Å². The van der Waals surface area contributed by atoms with Crippen molar-refractivity contribution in [1.29, 1.82) is 0 Å². The van der Waals surface area contributed by atoms with E-state index in [1.165, 1.54) is 0 Å². The van der Waals surface area contributed by atoms with Gasteiger partial charge in [0.25, 0.3) is 0 Å². The van der Waals surface area contributed by atoms with Crippen LogP contribution in [-0.2, 0) is 9.53 Å². The highest BCUT2D eigenvalue weighted by Crippen LogP contribution is 2.16. The van der Waals surface area contributed by atoms with E-state index < -0.39 is 5.97 Å². The molecule has 6 heteroatoms. The Morgan fingerprint density at radius 2 is 2.25 bits per heavy atom. The Labute approximate surface area is 92.6 Å². The molecule has 0 bridgehead atoms. The summed E-state index contributed by atoms with van der Waals surface area (Å²) in [6.07, 6.45) is 0. The number of hydrogen-bond acceptors (Lipinski definition) is 3. The number of carboxylic acid groups (broad SMARTS) is 1. The van der Waals surface area contributed by atoms with Gasteiger partial charge < -0.3 is 20.1 Å². The molecule has 1 aromatic rings. The molecular formula is C10H14N2O4. The van der Waals surface area contributed by atoms with E-state index in [0.29, 0.717) is 12.3 Å². The molecule has 0 spiro atoms. The highest BCUT2D eigenvalue weighted by molar-refractivity contribution is 6.00. The summed E-state index contributed by atoms with van der Waals surface area (Å²) >= 11 is 0. The van der Waals surface area contributed by atoms with Gasteiger partial charge in [0.15, 0.2) is 0 Å². The Kier molecular flexibility index (Phi) is 4.07. The number of aromatic carboxylic acids is 1. The van der Waals surface area contributed by atoms with Crippen LogP contribution in [0.5, 0.6) is 0 Å². The monoisotopic (exact) mass is 226 g/mol. The number of carbonyl (C=O) groups is 2. The maximum absolute atomic E-state index is 11.3. The lowest BCUT2D eigenvalue weighted by Crippen LogP contribution is -2.19. The maximum atomic E-state index is 11.3. The number of aromatic amines is 1. The zero-order chi connectivity index (χ0) is 12.1. The van der Waals surface area contributed by atoms with Crippen molar-refractivity contribution in [2.45, 2.75) is 13.8 Å². The molecule has 0 unspecified atom stereocenters. The second kappa shape index (κ2) is 5.32. The standard InChI is InChI=1S/C10H14N2O4/c1-3-16-5-8(13)12-7-4-6(2)11-9(7)10(14)15/h4,11H,3,5H2,1-2H3,(H,12,13)(H,14,15). The summed E-state index contributed by atoms with van der Waals surface area (Å²) in [5, 5.41) is 11.3. The van der Waals surface area contributed by atoms with Crippen LogP contribution < -0.4 is 5.32 Å². The largest absolute Gasteiger partial charge is 0.477 e. The summed E-state index contributed by atoms with van der Waals surface area (Å²) in [5.74, 6) is -1.48. The third-order valence-corrected chi connectivity index (χ3v) is 1.88. The van der Waals surface area contributed by atoms with Crippen LogP contribution in [0.25, 0.3) is 0 Å². The number of aromatic nitrogens is 1. The van der Waals surface area contributed by atoms with E-state index in [-0.39, 0.29) is 23.9 Å². The Balaban J connectivity index is 2.72. The number of rotatable bonds is 5. The Hall–Kier alpha value is -1.82. The van der Waals surface area contributed by atoms with Gasteiger partial charge in [-0.2, -0.15) is 0 Å². The lowest BCUT2D eigenvalue weighted by molar-refractivity contribution is -0.120. The topological polar surface area (TPSA) is 91.4 Å². The second-order valence-electron chi connectivity index (χ2n) is 3.23. The molecule has 0 aliphatic heterocycles. The molecule has 1 amide bonds. The van der Waals surface area contributed by atoms with Crippen molar-refractivity contribution >= 4 is 17.6 Å². The minimum absolute atomic E-state index is 0.0256. The Morgan fingerprint density at radius 1 is 1.56 bits per heavy atom. The van der Waals surface area contributed by atoms with Gasteiger partial charge in [0, 0.05) is 12.3 Å². The van der Waals surface area contributed by atoms with Gasteiger partial charge in [-0.25, -0.2) is 4.79 Å². The zero-order valence-corrected chi connectivity index (χ0v) is 9.16. The van der Waals surface area contributed by atoms with Gasteiger partial charge in [-0.15, -0.1) is 0 Å². The van der Waals surface area contributed by atoms with E-state index in [9.17, 15) is 9.59 Å². The normalized spacial score (nSPS) is 10.1. The number of H-pyrrole nitrogens is 1. The first-order valence-corrected chi connectivity index (χ1v) is 4.85. The van der Waals surface area contributed by atoms with Crippen LogP contribution in [0.1, 0.15) is 23.1 Å². The zero-order valence-electron chi connectivity index (χ0n) is 9.16. The number of anilines is 1. The minimum Gasteiger partial charge on any atom is -0.477 e. The first-order valence-electron chi connectivity index (χ1n) is 4.85. The fraction of sp³-hybridized carbons (Fsp3) is 0.400. The predicted octanol–water partition coefficient (Wildman–Crippen LogP) is 0.996. The molecule has 1 aromatic heterocycles. The smallest absolute Gasteiger partial charge is 0.354 e. The van der Waals surface area contributed by atoms with E-state index in [2.05, 4.69) is 10.3 Å². The summed E-state index contributed by atoms with van der Waals surface area (Å²) in [6, 6.07) is 1.56. The van der Waals surface area contributed by atoms with Crippen molar-refractivity contribution in [2.75, 3.05) is 18.5 Å². The van der Waals surface area contributed by atoms with E-state index in [0.717, 1.165) is 0 Å². The highest BCUT2D eigenvalue weighted by Gasteiger charge is 2.14. The molecule has 16 heavy (non-hydrogen) atoms. The number of hydrogen-bond donors (Lipinski definition) is 3. The number of nitrogens with one attached hydrogen (secondary N) is 2. The summed E-state index contributed by atoms with van der Waals surface area (Å²) < 4.78 is 4.90. The average molecular weight is 226 g/mol. The molecule has 0 aromatic carbocycles. The molecule has 0 saturated carbocycles. The Morgan fingerprint density at radius 3 is 2.81 bits per heavy atom. The SMILES string of the molecule is CCOCC(=O)Nc1cc(C)[nH]c1C(=O)O. The van der Waals surface area contributed by atoms with Crippen molar-refractivity contribution in [3.8, 4) is 0 Å². The molecule has 0 fully saturated rings. The van der Waals surface area contributed by atoms with Crippen LogP contribution in [0.2, 0.25) is 0 Å². The molecule has 0 aliphatic rings. The third-order valence-electron chi connectivity index (χ3n) is 1.88. The predicted molar refractivity (Wildman–Crippen MR) is 57.6 cm³/mol. The molecule has 1 heterocycles. The first kappa shape index (κ1) is 12.3. The quantitative estimate of drug-likeness (QED) is 0.698. The van der Waals surface area contributed by atoms with Gasteiger partial charge in [0.2, 0.25) is 5.91 Å². The number of amides is 1. The molecule has 6 nitrogen and oxygen atoms in total. The lowest BCUT2D eigenvalue weighted by Gasteiger charge is -2.03. The van der Waals surface area contributed by atoms with Gasteiger partial charge in [-0.3, -0.25) is 4.79 Å². The average Bonchev–Trinajstić information content (AvgIpc) is 2.56. The molecule has 0 radical (unpaired) electrons. The van der Waals surface area contributed by atoms with Crippen LogP contribution >= 0.6 is 0 Å². The maximum Gasteiger partial charge on any atom is 0.354 e. The fourth-order valence-electron chi connectivity index (χ4n) is 1.24. The molecule has 0 atom stereocenters. The summed E-state index contributed by atoms with van der Waals surface area (Å²) in [5.41, 5.74) is 0.904. The van der Waals surface area contributed by atoms with Gasteiger partial charge >= 0.3 is 5.97 Å². The number of ether oxygens (including phenoxy) is 1. The van der Waals surface area contributed by atoms with Crippen LogP contribution in [0.3, 0.4) is 0 Å². The third kappa shape index (κ3) is 3.09. The fourth-order valence-corrected chi connectivity index (χ4v) is 1.24. The molecule has 1 rings (SSSR count). The van der Waals surface area contributed by atoms with Gasteiger partial charge in [0.05, 0.1) is 5.69 Å². The van der Waals surface area contributed by atoms with Crippen LogP contribution in [0.4, 0.5) is 5.69 Å². The molecule has 0 saturated heterocycles. The van der Waals surface area contributed by atoms with Gasteiger partial charge in [-0.1, -0.05) is 0 Å². The number of carbonyl (C=O) groups excluding carboxylic acids is 1. The minimum atomic E-state index is -1.11. The van der Waals surface area contributed by atoms with Crippen molar-refractivity contribution in [3.05, 3.63) is 17.5 Å². The van der Waals surface area contributed by atoms with Crippen molar-refractivity contribution in [3.63, 3.8) is 0 Å². The summed E-state index contributed by atoms with van der Waals surface area (Å²) in [4.78, 5) is 24.8. The van der Waals surface area contributed by atoms with Crippen LogP contribution in [-0.4, -0.2) is 35.2 Å². The van der Waals surface area contributed by atoms with E-state index in [1.807, 2.05) is 0 Å². The lowest BCUT2D eigenvalue weighted by atomic mass is 10.3. The van der Waals surface area contributed by atoms with Crippen LogP contribution in [0, 0.1) is 6.92 Å². The first-order chi connectivity index (χ1) is 7.54. The highest BCUT2D eigenvalue weighted by atomic mass is 16.5. The number of carboxylic acids is 1.